The van der Waals surface area contributed by atoms with Crippen LogP contribution in [0.5, 0.6) is 0 Å². The molecule has 5 heterocycles. The molecule has 4 aliphatic heterocycles. The van der Waals surface area contributed by atoms with Crippen LogP contribution in [-0.2, 0) is 11.2 Å². The number of nitrogens with zero attached hydrogens (tertiary/aromatic N) is 3. The highest BCUT2D eigenvalue weighted by Crippen LogP contribution is 2.38. The first kappa shape index (κ1) is 13.7. The minimum absolute atomic E-state index is 0.117. The van der Waals surface area contributed by atoms with Crippen LogP contribution in [0, 0.1) is 5.92 Å². The Morgan fingerprint density at radius 2 is 2.22 bits per heavy atom. The fraction of sp³-hybridized carbons (Fsp3) is 0.562. The van der Waals surface area contributed by atoms with E-state index in [4.69, 9.17) is 4.99 Å². The Balaban J connectivity index is 1.31. The Bertz CT molecular complexity index is 731. The van der Waals surface area contributed by atoms with Gasteiger partial charge in [0.1, 0.15) is 0 Å². The molecular weight excluding hydrogens is 310 g/mol. The number of piperidine rings is 3. The molecule has 6 nitrogen and oxygen atoms in total. The van der Waals surface area contributed by atoms with Gasteiger partial charge in [-0.3, -0.25) is 9.79 Å². The van der Waals surface area contributed by atoms with Crippen molar-refractivity contribution in [2.75, 3.05) is 31.5 Å². The van der Waals surface area contributed by atoms with E-state index in [0.29, 0.717) is 6.42 Å². The van der Waals surface area contributed by atoms with E-state index in [1.54, 1.807) is 17.4 Å². The van der Waals surface area contributed by atoms with Gasteiger partial charge in [-0.2, -0.15) is 0 Å². The number of allylic oxidation sites excluding steroid dienone is 1. The summed E-state index contributed by atoms with van der Waals surface area (Å²) in [7, 11) is 0. The van der Waals surface area contributed by atoms with E-state index in [1.807, 2.05) is 6.08 Å². The fourth-order valence-corrected chi connectivity index (χ4v) is 5.22. The van der Waals surface area contributed by atoms with Gasteiger partial charge < -0.3 is 15.5 Å². The molecule has 6 rings (SSSR count). The maximum absolute atomic E-state index is 11.5. The van der Waals surface area contributed by atoms with E-state index in [9.17, 15) is 4.79 Å². The van der Waals surface area contributed by atoms with Crippen LogP contribution >= 0.6 is 11.3 Å². The number of rotatable bonds is 1. The summed E-state index contributed by atoms with van der Waals surface area (Å²) in [6.07, 6.45) is 6.43. The van der Waals surface area contributed by atoms with Gasteiger partial charge in [-0.1, -0.05) is 0 Å². The molecule has 0 saturated carbocycles. The maximum atomic E-state index is 11.5. The molecule has 1 aromatic rings. The molecule has 1 atom stereocenters. The van der Waals surface area contributed by atoms with E-state index in [1.165, 1.54) is 25.9 Å². The molecule has 1 spiro atoms. The van der Waals surface area contributed by atoms with Gasteiger partial charge in [-0.25, -0.2) is 4.98 Å². The summed E-state index contributed by atoms with van der Waals surface area (Å²) in [5.74, 6) is 1.70. The van der Waals surface area contributed by atoms with Crippen LogP contribution in [0.4, 0.5) is 5.13 Å². The first-order valence-corrected chi connectivity index (χ1v) is 9.04. The molecule has 120 valence electrons. The van der Waals surface area contributed by atoms with Crippen molar-refractivity contribution in [1.82, 2.24) is 15.2 Å². The molecule has 5 aliphatic rings. The highest BCUT2D eigenvalue weighted by Gasteiger charge is 2.49. The standard InChI is InChI=1S/C16H19N5OS/c22-11-1-2-12-13(7-11)23-15(18-12)19-14-17-8-16(20-14)9-21-5-3-10(16)4-6-21/h1-2,10H,3-9H2,(H2,17,18,19,20). The monoisotopic (exact) mass is 329 g/mol. The molecular formula is C16H19N5OS. The number of anilines is 1. The molecule has 1 aromatic heterocycles. The number of aliphatic imine (C=N–C) groups is 1. The number of hydrogen-bond acceptors (Lipinski definition) is 7. The second-order valence-corrected chi connectivity index (χ2v) is 8.01. The zero-order valence-corrected chi connectivity index (χ0v) is 13.7. The average Bonchev–Trinajstić information content (AvgIpc) is 3.12. The number of hydrogen-bond donors (Lipinski definition) is 2. The van der Waals surface area contributed by atoms with Crippen LogP contribution in [0.3, 0.4) is 0 Å². The third kappa shape index (κ3) is 2.21. The van der Waals surface area contributed by atoms with E-state index in [-0.39, 0.29) is 11.3 Å². The Kier molecular flexibility index (Phi) is 2.90. The number of carbonyl (C=O) groups is 1. The summed E-state index contributed by atoms with van der Waals surface area (Å²) in [6.45, 7) is 4.41. The number of thiazole rings is 1. The van der Waals surface area contributed by atoms with Gasteiger partial charge in [0, 0.05) is 17.8 Å². The summed E-state index contributed by atoms with van der Waals surface area (Å²) in [4.78, 5) is 24.3. The fourth-order valence-electron chi connectivity index (χ4n) is 4.26. The Hall–Kier alpha value is -1.73. The second kappa shape index (κ2) is 4.88. The topological polar surface area (TPSA) is 69.6 Å². The molecule has 3 saturated heterocycles. The lowest BCUT2D eigenvalue weighted by molar-refractivity contribution is -0.114. The molecule has 23 heavy (non-hydrogen) atoms. The third-order valence-electron chi connectivity index (χ3n) is 5.48. The van der Waals surface area contributed by atoms with Crippen molar-refractivity contribution in [3.05, 3.63) is 16.6 Å². The quantitative estimate of drug-likeness (QED) is 0.808. The van der Waals surface area contributed by atoms with E-state index >= 15 is 0 Å². The van der Waals surface area contributed by atoms with Crippen LogP contribution in [0.15, 0.2) is 11.1 Å². The van der Waals surface area contributed by atoms with Crippen molar-refractivity contribution in [2.45, 2.75) is 24.8 Å². The summed E-state index contributed by atoms with van der Waals surface area (Å²) in [6, 6.07) is 0. The summed E-state index contributed by atoms with van der Waals surface area (Å²) >= 11 is 1.55. The minimum atomic E-state index is 0.117. The zero-order chi connectivity index (χ0) is 15.4. The number of nitrogens with one attached hydrogen (secondary N) is 2. The highest BCUT2D eigenvalue weighted by atomic mass is 32.1. The van der Waals surface area contributed by atoms with Crippen LogP contribution < -0.4 is 10.6 Å². The lowest BCUT2D eigenvalue weighted by Crippen LogP contribution is -2.66. The van der Waals surface area contributed by atoms with Gasteiger partial charge in [0.15, 0.2) is 16.9 Å². The summed E-state index contributed by atoms with van der Waals surface area (Å²) in [5.41, 5.74) is 1.03. The van der Waals surface area contributed by atoms with Crippen LogP contribution in [0.2, 0.25) is 0 Å². The lowest BCUT2D eigenvalue weighted by atomic mass is 9.73. The van der Waals surface area contributed by atoms with Crippen LogP contribution in [-0.4, -0.2) is 53.3 Å². The molecule has 7 heteroatoms. The van der Waals surface area contributed by atoms with Crippen molar-refractivity contribution in [2.24, 2.45) is 10.9 Å². The first-order chi connectivity index (χ1) is 11.2. The summed E-state index contributed by atoms with van der Waals surface area (Å²) < 4.78 is 0. The van der Waals surface area contributed by atoms with Crippen LogP contribution in [0.1, 0.15) is 23.4 Å². The van der Waals surface area contributed by atoms with Gasteiger partial charge in [0.25, 0.3) is 0 Å². The molecule has 0 radical (unpaired) electrons. The van der Waals surface area contributed by atoms with Crippen molar-refractivity contribution in [3.63, 3.8) is 0 Å². The highest BCUT2D eigenvalue weighted by molar-refractivity contribution is 7.16. The van der Waals surface area contributed by atoms with E-state index in [0.717, 1.165) is 40.7 Å². The third-order valence-corrected chi connectivity index (χ3v) is 6.46. The number of fused-ring (bicyclic) bond motifs is 3. The molecule has 0 aromatic carbocycles. The Labute approximate surface area is 138 Å². The first-order valence-electron chi connectivity index (χ1n) is 8.23. The van der Waals surface area contributed by atoms with Gasteiger partial charge >= 0.3 is 0 Å². The lowest BCUT2D eigenvalue weighted by Gasteiger charge is -2.51. The predicted octanol–water partition coefficient (Wildman–Crippen LogP) is 1.12. The number of aromatic nitrogens is 1. The molecule has 2 bridgehead atoms. The van der Waals surface area contributed by atoms with Gasteiger partial charge in [-0.05, 0) is 44.0 Å². The molecule has 1 unspecified atom stereocenters. The van der Waals surface area contributed by atoms with E-state index < -0.39 is 0 Å². The molecule has 1 aliphatic carbocycles. The van der Waals surface area contributed by atoms with Crippen molar-refractivity contribution in [3.8, 4) is 0 Å². The molecule has 2 N–H and O–H groups in total. The Morgan fingerprint density at radius 1 is 1.35 bits per heavy atom. The van der Waals surface area contributed by atoms with Gasteiger partial charge in [0.05, 0.1) is 17.8 Å². The normalized spacial score (nSPS) is 34.4. The van der Waals surface area contributed by atoms with Crippen molar-refractivity contribution >= 4 is 34.3 Å². The zero-order valence-electron chi connectivity index (χ0n) is 12.8. The predicted molar refractivity (Wildman–Crippen MR) is 90.8 cm³/mol. The molecule has 0 amide bonds. The average molecular weight is 329 g/mol. The number of guanidine groups is 1. The molecule has 3 fully saturated rings. The number of carbonyl (C=O) groups excluding carboxylic acids is 1. The minimum Gasteiger partial charge on any atom is -0.347 e. The number of ketones is 1. The summed E-state index contributed by atoms with van der Waals surface area (Å²) in [5, 5.41) is 7.80. The van der Waals surface area contributed by atoms with Crippen molar-refractivity contribution < 1.29 is 4.79 Å². The Morgan fingerprint density at radius 3 is 3.00 bits per heavy atom. The van der Waals surface area contributed by atoms with E-state index in [2.05, 4.69) is 20.5 Å². The maximum Gasteiger partial charge on any atom is 0.198 e. The van der Waals surface area contributed by atoms with Gasteiger partial charge in [0.2, 0.25) is 0 Å². The SMILES string of the molecule is O=C1C=Cc2nc(NC3=NCC4(CN5CCC4CC5)N3)sc2C1. The van der Waals surface area contributed by atoms with Gasteiger partial charge in [-0.15, -0.1) is 11.3 Å². The smallest absolute Gasteiger partial charge is 0.198 e. The largest absolute Gasteiger partial charge is 0.347 e. The van der Waals surface area contributed by atoms with Crippen molar-refractivity contribution in [1.29, 1.82) is 0 Å². The second-order valence-electron chi connectivity index (χ2n) is 6.93. The van der Waals surface area contributed by atoms with Crippen LogP contribution in [0.25, 0.3) is 6.08 Å².